The predicted octanol–water partition coefficient (Wildman–Crippen LogP) is 2.21. The minimum atomic E-state index is -0.923. The van der Waals surface area contributed by atoms with Crippen LogP contribution in [0, 0.1) is 11.3 Å². The van der Waals surface area contributed by atoms with Gasteiger partial charge in [0.2, 0.25) is 0 Å². The largest absolute Gasteiger partial charge is 0.489 e. The molecule has 2 aromatic heterocycles. The van der Waals surface area contributed by atoms with Crippen molar-refractivity contribution in [2.45, 2.75) is 25.9 Å². The molecule has 0 radical (unpaired) electrons. The third-order valence-corrected chi connectivity index (χ3v) is 3.53. The summed E-state index contributed by atoms with van der Waals surface area (Å²) in [5.41, 5.74) is 2.38. The molecule has 3 heterocycles. The van der Waals surface area contributed by atoms with E-state index in [1.165, 1.54) is 0 Å². The fourth-order valence-corrected chi connectivity index (χ4v) is 2.47. The molecule has 0 bridgehead atoms. The number of nitriles is 1. The van der Waals surface area contributed by atoms with E-state index in [9.17, 15) is 10.4 Å². The van der Waals surface area contributed by atoms with E-state index in [1.54, 1.807) is 30.8 Å². The first-order chi connectivity index (χ1) is 11.0. The number of aliphatic hydroxyl groups is 1. The van der Waals surface area contributed by atoms with Crippen LogP contribution in [0.25, 0.3) is 11.1 Å². The topological polar surface area (TPSA) is 82.9 Å². The summed E-state index contributed by atoms with van der Waals surface area (Å²) in [6, 6.07) is 4.08. The van der Waals surface area contributed by atoms with Crippen LogP contribution in [-0.4, -0.2) is 39.7 Å². The van der Waals surface area contributed by atoms with Gasteiger partial charge in [-0.15, -0.1) is 0 Å². The monoisotopic (exact) mass is 310 g/mol. The van der Waals surface area contributed by atoms with Crippen LogP contribution in [-0.2, 0) is 0 Å². The molecule has 118 valence electrons. The molecular formula is C17H18N4O2. The number of pyridine rings is 1. The Labute approximate surface area is 134 Å². The van der Waals surface area contributed by atoms with E-state index >= 15 is 0 Å². The number of fused-ring (bicyclic) bond motifs is 1. The molecule has 1 aliphatic heterocycles. The van der Waals surface area contributed by atoms with Crippen LogP contribution in [0.3, 0.4) is 0 Å². The first-order valence-electron chi connectivity index (χ1n) is 7.42. The normalized spacial score (nSPS) is 14.6. The van der Waals surface area contributed by atoms with E-state index in [1.807, 2.05) is 18.4 Å². The van der Waals surface area contributed by atoms with E-state index < -0.39 is 5.60 Å². The van der Waals surface area contributed by atoms with Crippen molar-refractivity contribution in [2.75, 3.05) is 13.2 Å². The molecule has 1 N–H and O–H groups in total. The summed E-state index contributed by atoms with van der Waals surface area (Å²) in [4.78, 5) is 4.20. The summed E-state index contributed by atoms with van der Waals surface area (Å²) in [5.74, 6) is 0.602. The van der Waals surface area contributed by atoms with Gasteiger partial charge in [-0.05, 0) is 25.5 Å². The number of hydrogen-bond donors (Lipinski definition) is 1. The number of allylic oxidation sites excluding steroid dienone is 1. The maximum atomic E-state index is 9.83. The van der Waals surface area contributed by atoms with Crippen LogP contribution in [0.15, 0.2) is 29.5 Å². The highest BCUT2D eigenvalue weighted by Crippen LogP contribution is 2.30. The molecule has 0 aliphatic carbocycles. The van der Waals surface area contributed by atoms with Gasteiger partial charge in [0.1, 0.15) is 18.4 Å². The van der Waals surface area contributed by atoms with E-state index in [-0.39, 0.29) is 6.61 Å². The lowest BCUT2D eigenvalue weighted by Crippen LogP contribution is -2.28. The number of nitrogens with zero attached hydrogens (tertiary/aromatic N) is 4. The van der Waals surface area contributed by atoms with Crippen molar-refractivity contribution >= 4 is 17.3 Å². The van der Waals surface area contributed by atoms with Crippen molar-refractivity contribution in [1.29, 1.82) is 5.26 Å². The van der Waals surface area contributed by atoms with Crippen molar-refractivity contribution in [1.82, 2.24) is 9.61 Å². The van der Waals surface area contributed by atoms with Gasteiger partial charge in [-0.1, -0.05) is 6.08 Å². The van der Waals surface area contributed by atoms with Gasteiger partial charge in [-0.25, -0.2) is 4.52 Å². The zero-order valence-electron chi connectivity index (χ0n) is 13.2. The quantitative estimate of drug-likeness (QED) is 0.938. The molecule has 2 aromatic rings. The highest BCUT2D eigenvalue weighted by Gasteiger charge is 2.18. The lowest BCUT2D eigenvalue weighted by molar-refractivity contribution is 0.0283. The fourth-order valence-electron chi connectivity index (χ4n) is 2.47. The molecule has 3 rings (SSSR count). The van der Waals surface area contributed by atoms with E-state index in [4.69, 9.17) is 4.74 Å². The molecule has 0 saturated carbocycles. The summed E-state index contributed by atoms with van der Waals surface area (Å²) in [6.45, 7) is 4.18. The summed E-state index contributed by atoms with van der Waals surface area (Å²) < 4.78 is 7.35. The molecule has 0 spiro atoms. The number of aliphatic imine (C=N–C) groups is 1. The maximum Gasteiger partial charge on any atom is 0.138 e. The fraction of sp³-hybridized carbons (Fsp3) is 0.353. The van der Waals surface area contributed by atoms with Gasteiger partial charge in [-0.3, -0.25) is 4.99 Å². The molecule has 0 saturated heterocycles. The molecule has 0 unspecified atom stereocenters. The van der Waals surface area contributed by atoms with Gasteiger partial charge >= 0.3 is 0 Å². The zero-order chi connectivity index (χ0) is 16.4. The van der Waals surface area contributed by atoms with Crippen molar-refractivity contribution in [3.63, 3.8) is 0 Å². The second-order valence-electron chi connectivity index (χ2n) is 6.14. The highest BCUT2D eigenvalue weighted by atomic mass is 16.5. The molecule has 0 atom stereocenters. The lowest BCUT2D eigenvalue weighted by atomic mass is 9.99. The van der Waals surface area contributed by atoms with E-state index in [2.05, 4.69) is 16.2 Å². The number of ether oxygens (including phenoxy) is 1. The average Bonchev–Trinajstić information content (AvgIpc) is 2.95. The summed E-state index contributed by atoms with van der Waals surface area (Å²) >= 11 is 0. The standard InChI is InChI=1S/C17H18N4O2/c1-17(2,22)11-23-14-7-15(12-3-5-19-6-4-12)16-13(8-18)9-20-21(16)10-14/h3,6-7,9-10,22H,4-5,11H2,1-2H3. The Morgan fingerprint density at radius 3 is 2.96 bits per heavy atom. The third-order valence-electron chi connectivity index (χ3n) is 3.53. The van der Waals surface area contributed by atoms with Gasteiger partial charge < -0.3 is 9.84 Å². The van der Waals surface area contributed by atoms with Gasteiger partial charge in [-0.2, -0.15) is 10.4 Å². The van der Waals surface area contributed by atoms with E-state index in [0.29, 0.717) is 24.3 Å². The number of hydrogen-bond acceptors (Lipinski definition) is 5. The Bertz CT molecular complexity index is 835. The molecule has 1 aliphatic rings. The van der Waals surface area contributed by atoms with Gasteiger partial charge in [0.15, 0.2) is 0 Å². The van der Waals surface area contributed by atoms with Crippen molar-refractivity contribution < 1.29 is 9.84 Å². The Balaban J connectivity index is 2.08. The molecule has 0 amide bonds. The van der Waals surface area contributed by atoms with Gasteiger partial charge in [0.05, 0.1) is 35.6 Å². The van der Waals surface area contributed by atoms with Gasteiger partial charge in [0, 0.05) is 18.2 Å². The Morgan fingerprint density at radius 2 is 2.30 bits per heavy atom. The molecule has 0 fully saturated rings. The molecule has 6 nitrogen and oxygen atoms in total. The Kier molecular flexibility index (Phi) is 3.89. The minimum Gasteiger partial charge on any atom is -0.489 e. The first-order valence-corrected chi connectivity index (χ1v) is 7.42. The summed E-state index contributed by atoms with van der Waals surface area (Å²) in [5, 5.41) is 23.4. The minimum absolute atomic E-state index is 0.171. The van der Waals surface area contributed by atoms with Crippen LogP contribution in [0.4, 0.5) is 0 Å². The van der Waals surface area contributed by atoms with E-state index in [0.717, 1.165) is 16.7 Å². The van der Waals surface area contributed by atoms with Crippen molar-refractivity contribution in [3.8, 4) is 11.8 Å². The number of dihydropyridines is 1. The Morgan fingerprint density at radius 1 is 1.48 bits per heavy atom. The van der Waals surface area contributed by atoms with Crippen LogP contribution >= 0.6 is 0 Å². The molecular weight excluding hydrogens is 292 g/mol. The third kappa shape index (κ3) is 3.25. The summed E-state index contributed by atoms with van der Waals surface area (Å²) in [6.07, 6.45) is 7.90. The maximum absolute atomic E-state index is 9.83. The van der Waals surface area contributed by atoms with Crippen LogP contribution in [0.1, 0.15) is 31.4 Å². The first kappa shape index (κ1) is 15.3. The van der Waals surface area contributed by atoms with Crippen LogP contribution in [0.2, 0.25) is 0 Å². The average molecular weight is 310 g/mol. The van der Waals surface area contributed by atoms with Crippen LogP contribution in [0.5, 0.6) is 5.75 Å². The second-order valence-corrected chi connectivity index (χ2v) is 6.14. The lowest BCUT2D eigenvalue weighted by Gasteiger charge is -2.19. The molecule has 0 aromatic carbocycles. The number of aromatic nitrogens is 2. The highest BCUT2D eigenvalue weighted by molar-refractivity contribution is 5.89. The van der Waals surface area contributed by atoms with Gasteiger partial charge in [0.25, 0.3) is 0 Å². The smallest absolute Gasteiger partial charge is 0.138 e. The molecule has 23 heavy (non-hydrogen) atoms. The predicted molar refractivity (Wildman–Crippen MR) is 87.7 cm³/mol. The Hall–Kier alpha value is -2.65. The SMILES string of the molecule is CC(C)(O)COc1cc(C2=CCN=CC2)c2c(C#N)cnn2c1. The second kappa shape index (κ2) is 5.86. The van der Waals surface area contributed by atoms with Crippen molar-refractivity contribution in [2.24, 2.45) is 4.99 Å². The van der Waals surface area contributed by atoms with Crippen molar-refractivity contribution in [3.05, 3.63) is 35.7 Å². The summed E-state index contributed by atoms with van der Waals surface area (Å²) in [7, 11) is 0. The number of rotatable bonds is 4. The molecule has 6 heteroatoms. The van der Waals surface area contributed by atoms with Crippen LogP contribution < -0.4 is 4.74 Å². The zero-order valence-corrected chi connectivity index (χ0v) is 13.2.